The predicted octanol–water partition coefficient (Wildman–Crippen LogP) is 3.70. The third-order valence-corrected chi connectivity index (χ3v) is 1.34. The summed E-state index contributed by atoms with van der Waals surface area (Å²) in [4.78, 5) is 0. The maximum atomic E-state index is 2.23. The van der Waals surface area contributed by atoms with Crippen LogP contribution in [0.5, 0.6) is 0 Å². The SMILES string of the molecule is CC/C=C/C=C/CCCC. The Bertz CT molecular complexity index is 98.6. The Morgan fingerprint density at radius 2 is 1.70 bits per heavy atom. The van der Waals surface area contributed by atoms with E-state index in [4.69, 9.17) is 0 Å². The third kappa shape index (κ3) is 7.48. The smallest absolute Gasteiger partial charge is 0.0348 e. The van der Waals surface area contributed by atoms with Gasteiger partial charge in [-0.25, -0.2) is 0 Å². The maximum absolute atomic E-state index is 2.23. The Kier molecular flexibility index (Phi) is 8.04. The van der Waals surface area contributed by atoms with Gasteiger partial charge in [0.05, 0.1) is 0 Å². The van der Waals surface area contributed by atoms with Crippen LogP contribution in [-0.4, -0.2) is 0 Å². The van der Waals surface area contributed by atoms with Crippen molar-refractivity contribution in [3.63, 3.8) is 0 Å². The van der Waals surface area contributed by atoms with Crippen molar-refractivity contribution in [1.29, 1.82) is 0 Å². The molecule has 0 unspecified atom stereocenters. The molecule has 0 aromatic rings. The molecule has 0 aromatic heterocycles. The van der Waals surface area contributed by atoms with E-state index in [1.807, 2.05) is 0 Å². The fraction of sp³-hybridized carbons (Fsp3) is 0.600. The lowest BCUT2D eigenvalue weighted by molar-refractivity contribution is 0.815. The molecule has 10 heavy (non-hydrogen) atoms. The zero-order chi connectivity index (χ0) is 7.66. The van der Waals surface area contributed by atoms with Crippen LogP contribution in [0.2, 0.25) is 0 Å². The first-order valence-corrected chi connectivity index (χ1v) is 4.23. The van der Waals surface area contributed by atoms with Gasteiger partial charge in [0.2, 0.25) is 0 Å². The molecule has 0 fully saturated rings. The van der Waals surface area contributed by atoms with Gasteiger partial charge in [0.15, 0.2) is 0 Å². The van der Waals surface area contributed by atoms with Crippen LogP contribution in [-0.2, 0) is 0 Å². The lowest BCUT2D eigenvalue weighted by Crippen LogP contribution is -1.64. The number of unbranched alkanes of at least 4 members (excludes halogenated alkanes) is 2. The van der Waals surface area contributed by atoms with Gasteiger partial charge in [-0.1, -0.05) is 51.0 Å². The van der Waals surface area contributed by atoms with Crippen molar-refractivity contribution in [3.8, 4) is 0 Å². The van der Waals surface area contributed by atoms with Gasteiger partial charge in [-0.05, 0) is 12.8 Å². The molecule has 0 aliphatic heterocycles. The van der Waals surface area contributed by atoms with Gasteiger partial charge < -0.3 is 0 Å². The quantitative estimate of drug-likeness (QED) is 0.401. The van der Waals surface area contributed by atoms with E-state index in [1.165, 1.54) is 19.3 Å². The summed E-state index contributed by atoms with van der Waals surface area (Å²) in [6.45, 7) is 4.37. The molecule has 0 heteroatoms. The zero-order valence-corrected chi connectivity index (χ0v) is 7.14. The molecule has 0 bridgehead atoms. The molecular weight excluding hydrogens is 120 g/mol. The van der Waals surface area contributed by atoms with E-state index in [2.05, 4.69) is 38.2 Å². The molecule has 0 heterocycles. The summed E-state index contributed by atoms with van der Waals surface area (Å²) in [5.74, 6) is 0. The van der Waals surface area contributed by atoms with E-state index in [-0.39, 0.29) is 0 Å². The van der Waals surface area contributed by atoms with Crippen molar-refractivity contribution < 1.29 is 0 Å². The molecule has 0 amide bonds. The summed E-state index contributed by atoms with van der Waals surface area (Å²) in [5.41, 5.74) is 0. The Labute approximate surface area is 64.6 Å². The molecule has 58 valence electrons. The lowest BCUT2D eigenvalue weighted by Gasteiger charge is -1.85. The minimum absolute atomic E-state index is 1.14. The van der Waals surface area contributed by atoms with Crippen molar-refractivity contribution in [2.45, 2.75) is 39.5 Å². The Balaban J connectivity index is 3.11. The molecular formula is C10H18. The van der Waals surface area contributed by atoms with E-state index in [0.717, 1.165) is 6.42 Å². The summed E-state index contributed by atoms with van der Waals surface area (Å²) in [7, 11) is 0. The van der Waals surface area contributed by atoms with E-state index in [0.29, 0.717) is 0 Å². The second kappa shape index (κ2) is 8.48. The minimum Gasteiger partial charge on any atom is -0.0848 e. The summed E-state index contributed by atoms with van der Waals surface area (Å²) < 4.78 is 0. The number of hydrogen-bond donors (Lipinski definition) is 0. The normalized spacial score (nSPS) is 11.8. The summed E-state index contributed by atoms with van der Waals surface area (Å²) in [5, 5.41) is 0. The van der Waals surface area contributed by atoms with Gasteiger partial charge in [0.25, 0.3) is 0 Å². The monoisotopic (exact) mass is 138 g/mol. The first kappa shape index (κ1) is 9.48. The van der Waals surface area contributed by atoms with E-state index < -0.39 is 0 Å². The van der Waals surface area contributed by atoms with Crippen molar-refractivity contribution in [2.75, 3.05) is 0 Å². The van der Waals surface area contributed by atoms with E-state index in [9.17, 15) is 0 Å². The molecule has 0 aliphatic carbocycles. The minimum atomic E-state index is 1.14. The molecule has 0 spiro atoms. The standard InChI is InChI=1S/C10H18/c1-3-5-7-9-10-8-6-4-2/h5,7,9-10H,3-4,6,8H2,1-2H3/b7-5+,10-9+. The molecule has 0 saturated heterocycles. The summed E-state index contributed by atoms with van der Waals surface area (Å²) in [6.07, 6.45) is 13.6. The van der Waals surface area contributed by atoms with Gasteiger partial charge >= 0.3 is 0 Å². The summed E-state index contributed by atoms with van der Waals surface area (Å²) >= 11 is 0. The molecule has 0 atom stereocenters. The van der Waals surface area contributed by atoms with Crippen LogP contribution < -0.4 is 0 Å². The Morgan fingerprint density at radius 3 is 2.30 bits per heavy atom. The Hall–Kier alpha value is -0.520. The van der Waals surface area contributed by atoms with Gasteiger partial charge in [-0.3, -0.25) is 0 Å². The van der Waals surface area contributed by atoms with Crippen LogP contribution in [0.15, 0.2) is 24.3 Å². The van der Waals surface area contributed by atoms with Crippen LogP contribution in [0.1, 0.15) is 39.5 Å². The van der Waals surface area contributed by atoms with Crippen LogP contribution in [0, 0.1) is 0 Å². The zero-order valence-electron chi connectivity index (χ0n) is 7.14. The topological polar surface area (TPSA) is 0 Å². The van der Waals surface area contributed by atoms with Gasteiger partial charge in [0, 0.05) is 0 Å². The van der Waals surface area contributed by atoms with Crippen molar-refractivity contribution in [2.24, 2.45) is 0 Å². The second-order valence-electron chi connectivity index (χ2n) is 2.41. The van der Waals surface area contributed by atoms with Gasteiger partial charge in [0.1, 0.15) is 0 Å². The van der Waals surface area contributed by atoms with E-state index >= 15 is 0 Å². The van der Waals surface area contributed by atoms with Gasteiger partial charge in [-0.2, -0.15) is 0 Å². The van der Waals surface area contributed by atoms with E-state index in [1.54, 1.807) is 0 Å². The largest absolute Gasteiger partial charge is 0.0848 e. The lowest BCUT2D eigenvalue weighted by atomic mass is 10.2. The van der Waals surface area contributed by atoms with Crippen molar-refractivity contribution >= 4 is 0 Å². The predicted molar refractivity (Wildman–Crippen MR) is 48.1 cm³/mol. The fourth-order valence-corrected chi connectivity index (χ4v) is 0.711. The molecule has 0 rings (SSSR count). The molecule has 0 saturated carbocycles. The first-order chi connectivity index (χ1) is 4.91. The average molecular weight is 138 g/mol. The van der Waals surface area contributed by atoms with Crippen LogP contribution in [0.25, 0.3) is 0 Å². The molecule has 0 aromatic carbocycles. The highest BCUT2D eigenvalue weighted by atomic mass is 13.8. The van der Waals surface area contributed by atoms with Gasteiger partial charge in [-0.15, -0.1) is 0 Å². The van der Waals surface area contributed by atoms with Crippen molar-refractivity contribution in [1.82, 2.24) is 0 Å². The molecule has 0 N–H and O–H groups in total. The van der Waals surface area contributed by atoms with Crippen LogP contribution in [0.3, 0.4) is 0 Å². The number of allylic oxidation sites excluding steroid dienone is 4. The highest BCUT2D eigenvalue weighted by molar-refractivity contribution is 5.01. The maximum Gasteiger partial charge on any atom is -0.0348 e. The fourth-order valence-electron chi connectivity index (χ4n) is 0.711. The van der Waals surface area contributed by atoms with Crippen molar-refractivity contribution in [3.05, 3.63) is 24.3 Å². The second-order valence-corrected chi connectivity index (χ2v) is 2.41. The molecule has 0 nitrogen and oxygen atoms in total. The number of hydrogen-bond acceptors (Lipinski definition) is 0. The highest BCUT2D eigenvalue weighted by Crippen LogP contribution is 1.94. The number of rotatable bonds is 5. The highest BCUT2D eigenvalue weighted by Gasteiger charge is 1.74. The van der Waals surface area contributed by atoms with Crippen LogP contribution >= 0.6 is 0 Å². The van der Waals surface area contributed by atoms with Crippen LogP contribution in [0.4, 0.5) is 0 Å². The molecule has 0 aliphatic rings. The summed E-state index contributed by atoms with van der Waals surface area (Å²) in [6, 6.07) is 0. The average Bonchev–Trinajstić information content (AvgIpc) is 1.97. The first-order valence-electron chi connectivity index (χ1n) is 4.23. The Morgan fingerprint density at radius 1 is 1.00 bits per heavy atom. The third-order valence-electron chi connectivity index (χ3n) is 1.34. The molecule has 0 radical (unpaired) electrons.